The zero-order chi connectivity index (χ0) is 17.6. The average molecular weight is 402 g/mol. The molecule has 0 aliphatic heterocycles. The Morgan fingerprint density at radius 3 is 2.80 bits per heavy atom. The minimum absolute atomic E-state index is 0.121. The summed E-state index contributed by atoms with van der Waals surface area (Å²) in [6, 6.07) is 14.9. The lowest BCUT2D eigenvalue weighted by Gasteiger charge is -2.08. The van der Waals surface area contributed by atoms with Gasteiger partial charge in [0.25, 0.3) is 5.56 Å². The molecule has 128 valence electrons. The van der Waals surface area contributed by atoms with E-state index >= 15 is 0 Å². The van der Waals surface area contributed by atoms with Gasteiger partial charge in [-0.25, -0.2) is 10.5 Å². The molecular formula is C18H16BrN3O3. The lowest BCUT2D eigenvalue weighted by Crippen LogP contribution is -2.27. The molecule has 0 atom stereocenters. The number of carbonyl (C=O) groups excluding carboxylic acids is 1. The van der Waals surface area contributed by atoms with Crippen molar-refractivity contribution >= 4 is 32.7 Å². The van der Waals surface area contributed by atoms with E-state index in [9.17, 15) is 9.59 Å². The molecular weight excluding hydrogens is 386 g/mol. The fourth-order valence-corrected chi connectivity index (χ4v) is 2.70. The molecule has 1 heterocycles. The first kappa shape index (κ1) is 17.3. The molecule has 0 radical (unpaired) electrons. The molecule has 0 saturated carbocycles. The van der Waals surface area contributed by atoms with Gasteiger partial charge < -0.3 is 0 Å². The van der Waals surface area contributed by atoms with Gasteiger partial charge in [0.05, 0.1) is 23.8 Å². The van der Waals surface area contributed by atoms with Crippen LogP contribution >= 0.6 is 15.9 Å². The van der Waals surface area contributed by atoms with Gasteiger partial charge in [-0.3, -0.25) is 19.0 Å². The molecule has 1 N–H and O–H groups in total. The van der Waals surface area contributed by atoms with E-state index in [0.717, 1.165) is 10.0 Å². The van der Waals surface area contributed by atoms with E-state index < -0.39 is 0 Å². The Labute approximate surface area is 152 Å². The van der Waals surface area contributed by atoms with Crippen LogP contribution in [0.15, 0.2) is 64.1 Å². The summed E-state index contributed by atoms with van der Waals surface area (Å²) in [7, 11) is 0. The predicted molar refractivity (Wildman–Crippen MR) is 97.7 cm³/mol. The normalized spacial score (nSPS) is 10.8. The highest BCUT2D eigenvalue weighted by molar-refractivity contribution is 9.10. The number of halogens is 1. The third-order valence-electron chi connectivity index (χ3n) is 3.63. The number of nitrogens with one attached hydrogen (secondary N) is 1. The Bertz CT molecular complexity index is 941. The number of hydrogen-bond donors (Lipinski definition) is 1. The molecule has 7 heteroatoms. The van der Waals surface area contributed by atoms with Crippen molar-refractivity contribution in [3.8, 4) is 0 Å². The predicted octanol–water partition coefficient (Wildman–Crippen LogP) is 2.80. The van der Waals surface area contributed by atoms with Gasteiger partial charge in [-0.2, -0.15) is 0 Å². The van der Waals surface area contributed by atoms with Crippen LogP contribution in [0.2, 0.25) is 0 Å². The van der Waals surface area contributed by atoms with Crippen LogP contribution in [0.5, 0.6) is 0 Å². The lowest BCUT2D eigenvalue weighted by molar-refractivity contribution is -0.134. The standard InChI is InChI=1S/C18H16BrN3O3/c19-14-6-7-16-15(10-14)18(24)22(12-20-16)9-8-17(23)21-25-11-13-4-2-1-3-5-13/h1-7,10,12H,8-9,11H2,(H,21,23). The van der Waals surface area contributed by atoms with Crippen molar-refractivity contribution in [1.82, 2.24) is 15.0 Å². The van der Waals surface area contributed by atoms with E-state index in [1.807, 2.05) is 36.4 Å². The van der Waals surface area contributed by atoms with Crippen molar-refractivity contribution < 1.29 is 9.63 Å². The number of aryl methyl sites for hydroxylation is 1. The fraction of sp³-hybridized carbons (Fsp3) is 0.167. The summed E-state index contributed by atoms with van der Waals surface area (Å²) in [5.74, 6) is -0.294. The van der Waals surface area contributed by atoms with Gasteiger partial charge in [0, 0.05) is 17.4 Å². The van der Waals surface area contributed by atoms with Gasteiger partial charge in [-0.15, -0.1) is 0 Å². The quantitative estimate of drug-likeness (QED) is 0.644. The summed E-state index contributed by atoms with van der Waals surface area (Å²) in [6.45, 7) is 0.521. The molecule has 0 unspecified atom stereocenters. The maximum atomic E-state index is 12.4. The molecule has 0 saturated heterocycles. The second kappa shape index (κ2) is 8.04. The number of nitrogens with zero attached hydrogens (tertiary/aromatic N) is 2. The number of benzene rings is 2. The van der Waals surface area contributed by atoms with Crippen LogP contribution in [0.25, 0.3) is 10.9 Å². The second-order valence-corrected chi connectivity index (χ2v) is 6.37. The van der Waals surface area contributed by atoms with Crippen LogP contribution in [0.4, 0.5) is 0 Å². The first-order valence-corrected chi connectivity index (χ1v) is 8.52. The monoisotopic (exact) mass is 401 g/mol. The number of hydrogen-bond acceptors (Lipinski definition) is 4. The Morgan fingerprint density at radius 1 is 1.20 bits per heavy atom. The van der Waals surface area contributed by atoms with Gasteiger partial charge in [0.1, 0.15) is 0 Å². The lowest BCUT2D eigenvalue weighted by atomic mass is 10.2. The largest absolute Gasteiger partial charge is 0.298 e. The van der Waals surface area contributed by atoms with E-state index in [1.54, 1.807) is 12.1 Å². The molecule has 6 nitrogen and oxygen atoms in total. The highest BCUT2D eigenvalue weighted by Crippen LogP contribution is 2.14. The van der Waals surface area contributed by atoms with Gasteiger partial charge in [0.15, 0.2) is 0 Å². The van der Waals surface area contributed by atoms with E-state index in [0.29, 0.717) is 10.9 Å². The number of fused-ring (bicyclic) bond motifs is 1. The third kappa shape index (κ3) is 4.52. The van der Waals surface area contributed by atoms with Crippen LogP contribution in [0.3, 0.4) is 0 Å². The minimum Gasteiger partial charge on any atom is -0.298 e. The van der Waals surface area contributed by atoms with Crippen LogP contribution in [-0.2, 0) is 22.8 Å². The van der Waals surface area contributed by atoms with Crippen molar-refractivity contribution in [2.45, 2.75) is 19.6 Å². The summed E-state index contributed by atoms with van der Waals surface area (Å²) in [5, 5.41) is 0.512. The van der Waals surface area contributed by atoms with Crippen molar-refractivity contribution in [1.29, 1.82) is 0 Å². The summed E-state index contributed by atoms with van der Waals surface area (Å²) in [6.07, 6.45) is 1.58. The molecule has 0 aliphatic carbocycles. The Kier molecular flexibility index (Phi) is 5.57. The van der Waals surface area contributed by atoms with Crippen LogP contribution in [-0.4, -0.2) is 15.5 Å². The zero-order valence-corrected chi connectivity index (χ0v) is 14.9. The van der Waals surface area contributed by atoms with E-state index in [2.05, 4.69) is 26.4 Å². The van der Waals surface area contributed by atoms with E-state index in [4.69, 9.17) is 4.84 Å². The van der Waals surface area contributed by atoms with Crippen molar-refractivity contribution in [3.63, 3.8) is 0 Å². The first-order valence-electron chi connectivity index (χ1n) is 7.73. The number of aromatic nitrogens is 2. The fourth-order valence-electron chi connectivity index (χ4n) is 2.34. The van der Waals surface area contributed by atoms with Crippen LogP contribution in [0.1, 0.15) is 12.0 Å². The molecule has 3 aromatic rings. The summed E-state index contributed by atoms with van der Waals surface area (Å²) < 4.78 is 2.23. The van der Waals surface area contributed by atoms with Crippen molar-refractivity contribution in [2.24, 2.45) is 0 Å². The summed E-state index contributed by atoms with van der Waals surface area (Å²) in [4.78, 5) is 33.7. The zero-order valence-electron chi connectivity index (χ0n) is 13.3. The maximum Gasteiger partial charge on any atom is 0.261 e. The minimum atomic E-state index is -0.294. The van der Waals surface area contributed by atoms with Gasteiger partial charge >= 0.3 is 0 Å². The van der Waals surface area contributed by atoms with Gasteiger partial charge in [-0.05, 0) is 23.8 Å². The first-order chi connectivity index (χ1) is 12.1. The van der Waals surface area contributed by atoms with Crippen molar-refractivity contribution in [2.75, 3.05) is 0 Å². The molecule has 2 aromatic carbocycles. The number of hydroxylamine groups is 1. The number of rotatable bonds is 6. The highest BCUT2D eigenvalue weighted by atomic mass is 79.9. The summed E-state index contributed by atoms with van der Waals surface area (Å²) >= 11 is 3.34. The van der Waals surface area contributed by atoms with E-state index in [-0.39, 0.29) is 31.0 Å². The van der Waals surface area contributed by atoms with Crippen LogP contribution < -0.4 is 11.0 Å². The smallest absolute Gasteiger partial charge is 0.261 e. The van der Waals surface area contributed by atoms with E-state index in [1.165, 1.54) is 10.9 Å². The third-order valence-corrected chi connectivity index (χ3v) is 4.13. The molecule has 0 aliphatic rings. The Balaban J connectivity index is 1.56. The molecule has 0 bridgehead atoms. The SMILES string of the molecule is O=C(CCn1cnc2ccc(Br)cc2c1=O)NOCc1ccccc1. The maximum absolute atomic E-state index is 12.4. The molecule has 25 heavy (non-hydrogen) atoms. The molecule has 1 aromatic heterocycles. The van der Waals surface area contributed by atoms with Gasteiger partial charge in [-0.1, -0.05) is 46.3 Å². The van der Waals surface area contributed by atoms with Crippen LogP contribution in [0, 0.1) is 0 Å². The second-order valence-electron chi connectivity index (χ2n) is 5.45. The Hall–Kier alpha value is -2.51. The number of amides is 1. The summed E-state index contributed by atoms with van der Waals surface area (Å²) in [5.41, 5.74) is 3.79. The van der Waals surface area contributed by atoms with Crippen molar-refractivity contribution in [3.05, 3.63) is 75.2 Å². The molecule has 0 spiro atoms. The average Bonchev–Trinajstić information content (AvgIpc) is 2.62. The molecule has 3 rings (SSSR count). The topological polar surface area (TPSA) is 73.2 Å². The van der Waals surface area contributed by atoms with Gasteiger partial charge in [0.2, 0.25) is 5.91 Å². The molecule has 0 fully saturated rings. The number of carbonyl (C=O) groups is 1. The molecule has 1 amide bonds. The highest BCUT2D eigenvalue weighted by Gasteiger charge is 2.07. The Morgan fingerprint density at radius 2 is 2.00 bits per heavy atom.